The highest BCUT2D eigenvalue weighted by Crippen LogP contribution is 2.24. The van der Waals surface area contributed by atoms with E-state index >= 15 is 0 Å². The molecule has 0 unspecified atom stereocenters. The number of pyridine rings is 1. The zero-order valence-corrected chi connectivity index (χ0v) is 12.0. The van der Waals surface area contributed by atoms with Crippen molar-refractivity contribution in [1.29, 1.82) is 5.26 Å². The molecule has 2 aromatic rings. The molecule has 0 aliphatic rings. The van der Waals surface area contributed by atoms with Crippen LogP contribution < -0.4 is 0 Å². The summed E-state index contributed by atoms with van der Waals surface area (Å²) in [6.07, 6.45) is 5.27. The second-order valence-electron chi connectivity index (χ2n) is 4.28. The summed E-state index contributed by atoms with van der Waals surface area (Å²) in [5.74, 6) is 1.47. The van der Waals surface area contributed by atoms with Gasteiger partial charge in [-0.2, -0.15) is 5.26 Å². The fourth-order valence-electron chi connectivity index (χ4n) is 1.64. The lowest BCUT2D eigenvalue weighted by atomic mass is 10.2. The second-order valence-corrected chi connectivity index (χ2v) is 5.27. The summed E-state index contributed by atoms with van der Waals surface area (Å²) in [7, 11) is 0. The molecule has 0 fully saturated rings. The molecule has 0 saturated carbocycles. The van der Waals surface area contributed by atoms with Gasteiger partial charge in [0.15, 0.2) is 11.0 Å². The first-order valence-electron chi connectivity index (χ1n) is 6.23. The molecule has 0 radical (unpaired) electrons. The lowest BCUT2D eigenvalue weighted by Crippen LogP contribution is -2.02. The third-order valence-electron chi connectivity index (χ3n) is 2.65. The summed E-state index contributed by atoms with van der Waals surface area (Å²) in [6.45, 7) is 6.30. The Morgan fingerprint density at radius 1 is 1.45 bits per heavy atom. The zero-order chi connectivity index (χ0) is 14.4. The van der Waals surface area contributed by atoms with E-state index in [1.807, 2.05) is 29.7 Å². The second kappa shape index (κ2) is 6.87. The van der Waals surface area contributed by atoms with Gasteiger partial charge in [0, 0.05) is 30.3 Å². The molecule has 2 aromatic heterocycles. The highest BCUT2D eigenvalue weighted by atomic mass is 32.2. The molecule has 0 N–H and O–H groups in total. The molecule has 0 aliphatic carbocycles. The maximum Gasteiger partial charge on any atom is 0.191 e. The average molecular weight is 285 g/mol. The monoisotopic (exact) mass is 285 g/mol. The SMILES string of the molecule is C=CCn1c(SC[C@@H](C)C#N)nnc1-c1ccncc1. The van der Waals surface area contributed by atoms with E-state index in [-0.39, 0.29) is 5.92 Å². The maximum absolute atomic E-state index is 8.84. The summed E-state index contributed by atoms with van der Waals surface area (Å²) in [5.41, 5.74) is 0.967. The van der Waals surface area contributed by atoms with Crippen molar-refractivity contribution < 1.29 is 0 Å². The third kappa shape index (κ3) is 3.25. The molecule has 102 valence electrons. The first-order chi connectivity index (χ1) is 9.76. The maximum atomic E-state index is 8.84. The van der Waals surface area contributed by atoms with Gasteiger partial charge in [-0.25, -0.2) is 0 Å². The first-order valence-corrected chi connectivity index (χ1v) is 7.21. The van der Waals surface area contributed by atoms with Crippen LogP contribution in [0.5, 0.6) is 0 Å². The van der Waals surface area contributed by atoms with Crippen LogP contribution in [0.25, 0.3) is 11.4 Å². The molecule has 0 amide bonds. The van der Waals surface area contributed by atoms with Gasteiger partial charge in [-0.1, -0.05) is 17.8 Å². The largest absolute Gasteiger partial charge is 0.298 e. The third-order valence-corrected chi connectivity index (χ3v) is 3.88. The Morgan fingerprint density at radius 3 is 2.85 bits per heavy atom. The van der Waals surface area contributed by atoms with E-state index in [1.54, 1.807) is 12.4 Å². The molecule has 20 heavy (non-hydrogen) atoms. The van der Waals surface area contributed by atoms with Crippen molar-refractivity contribution in [3.05, 3.63) is 37.2 Å². The molecular formula is C14H15N5S. The topological polar surface area (TPSA) is 67.4 Å². The van der Waals surface area contributed by atoms with Gasteiger partial charge in [0.25, 0.3) is 0 Å². The van der Waals surface area contributed by atoms with Crippen LogP contribution in [0, 0.1) is 17.2 Å². The van der Waals surface area contributed by atoms with Gasteiger partial charge in [0.2, 0.25) is 0 Å². The van der Waals surface area contributed by atoms with Crippen LogP contribution >= 0.6 is 11.8 Å². The minimum Gasteiger partial charge on any atom is -0.298 e. The van der Waals surface area contributed by atoms with Crippen LogP contribution in [0.2, 0.25) is 0 Å². The zero-order valence-electron chi connectivity index (χ0n) is 11.2. The van der Waals surface area contributed by atoms with Crippen molar-refractivity contribution >= 4 is 11.8 Å². The molecular weight excluding hydrogens is 270 g/mol. The number of thioether (sulfide) groups is 1. The summed E-state index contributed by atoms with van der Waals surface area (Å²) in [4.78, 5) is 4.01. The van der Waals surface area contributed by atoms with Gasteiger partial charge in [-0.3, -0.25) is 9.55 Å². The number of aromatic nitrogens is 4. The lowest BCUT2D eigenvalue weighted by molar-refractivity contribution is 0.728. The number of rotatable bonds is 6. The predicted octanol–water partition coefficient (Wildman–Crippen LogP) is 2.78. The van der Waals surface area contributed by atoms with Gasteiger partial charge in [-0.05, 0) is 19.1 Å². The Bertz CT molecular complexity index is 614. The van der Waals surface area contributed by atoms with Crippen molar-refractivity contribution in [1.82, 2.24) is 19.7 Å². The molecule has 6 heteroatoms. The number of hydrogen-bond donors (Lipinski definition) is 0. The Labute approximate surface area is 122 Å². The van der Waals surface area contributed by atoms with E-state index in [9.17, 15) is 0 Å². The predicted molar refractivity (Wildman–Crippen MR) is 79.0 cm³/mol. The van der Waals surface area contributed by atoms with Crippen LogP contribution in [0.3, 0.4) is 0 Å². The van der Waals surface area contributed by atoms with Crippen LogP contribution in [0.4, 0.5) is 0 Å². The Hall–Kier alpha value is -2.13. The standard InChI is InChI=1S/C14H15N5S/c1-3-8-19-13(12-4-6-16-7-5-12)17-18-14(19)20-10-11(2)9-15/h3-7,11H,1,8,10H2,2H3/t11-/m0/s1. The highest BCUT2D eigenvalue weighted by molar-refractivity contribution is 7.99. The molecule has 0 aliphatic heterocycles. The van der Waals surface area contributed by atoms with E-state index < -0.39 is 0 Å². The van der Waals surface area contributed by atoms with Crippen molar-refractivity contribution in [2.45, 2.75) is 18.6 Å². The summed E-state index contributed by atoms with van der Waals surface area (Å²) in [6, 6.07) is 6.02. The Kier molecular flexibility index (Phi) is 4.91. The van der Waals surface area contributed by atoms with E-state index in [4.69, 9.17) is 5.26 Å². The number of hydrogen-bond acceptors (Lipinski definition) is 5. The normalized spacial score (nSPS) is 11.8. The van der Waals surface area contributed by atoms with Crippen LogP contribution in [-0.2, 0) is 6.54 Å². The van der Waals surface area contributed by atoms with Crippen LogP contribution in [0.1, 0.15) is 6.92 Å². The van der Waals surface area contributed by atoms with Crippen LogP contribution in [-0.4, -0.2) is 25.5 Å². The fourth-order valence-corrected chi connectivity index (χ4v) is 2.53. The van der Waals surface area contributed by atoms with E-state index in [0.29, 0.717) is 12.3 Å². The fraction of sp³-hybridized carbons (Fsp3) is 0.286. The molecule has 0 bridgehead atoms. The lowest BCUT2D eigenvalue weighted by Gasteiger charge is -2.07. The van der Waals surface area contributed by atoms with Crippen molar-refractivity contribution in [2.24, 2.45) is 5.92 Å². The quantitative estimate of drug-likeness (QED) is 0.603. The molecule has 2 heterocycles. The van der Waals surface area contributed by atoms with E-state index in [2.05, 4.69) is 27.8 Å². The summed E-state index contributed by atoms with van der Waals surface area (Å²) < 4.78 is 2.00. The van der Waals surface area contributed by atoms with Crippen molar-refractivity contribution in [3.63, 3.8) is 0 Å². The first kappa shape index (κ1) is 14.3. The average Bonchev–Trinajstić information content (AvgIpc) is 2.89. The molecule has 0 spiro atoms. The summed E-state index contributed by atoms with van der Waals surface area (Å²) >= 11 is 1.54. The molecule has 1 atom stereocenters. The molecule has 2 rings (SSSR count). The summed E-state index contributed by atoms with van der Waals surface area (Å²) in [5, 5.41) is 18.1. The number of nitrogens with zero attached hydrogens (tertiary/aromatic N) is 5. The van der Waals surface area contributed by atoms with Gasteiger partial charge in [0.1, 0.15) is 0 Å². The van der Waals surface area contributed by atoms with Gasteiger partial charge < -0.3 is 0 Å². The Balaban J connectivity index is 2.28. The number of nitriles is 1. The molecule has 0 aromatic carbocycles. The van der Waals surface area contributed by atoms with Gasteiger partial charge >= 0.3 is 0 Å². The smallest absolute Gasteiger partial charge is 0.191 e. The van der Waals surface area contributed by atoms with E-state index in [1.165, 1.54) is 11.8 Å². The highest BCUT2D eigenvalue weighted by Gasteiger charge is 2.14. The minimum absolute atomic E-state index is 0.0155. The minimum atomic E-state index is -0.0155. The molecule has 5 nitrogen and oxygen atoms in total. The molecule has 0 saturated heterocycles. The Morgan fingerprint density at radius 2 is 2.20 bits per heavy atom. The van der Waals surface area contributed by atoms with Gasteiger partial charge in [-0.15, -0.1) is 16.8 Å². The number of allylic oxidation sites excluding steroid dienone is 1. The van der Waals surface area contributed by atoms with Crippen LogP contribution in [0.15, 0.2) is 42.3 Å². The van der Waals surface area contributed by atoms with Crippen molar-refractivity contribution in [2.75, 3.05) is 5.75 Å². The van der Waals surface area contributed by atoms with Crippen molar-refractivity contribution in [3.8, 4) is 17.5 Å². The van der Waals surface area contributed by atoms with E-state index in [0.717, 1.165) is 16.5 Å². The van der Waals surface area contributed by atoms with Gasteiger partial charge in [0.05, 0.1) is 12.0 Å².